The van der Waals surface area contributed by atoms with E-state index in [0.717, 1.165) is 11.3 Å². The largest absolute Gasteiger partial charge is 0.302 e. The van der Waals surface area contributed by atoms with Gasteiger partial charge in [-0.3, -0.25) is 14.8 Å². The predicted octanol–water partition coefficient (Wildman–Crippen LogP) is 2.82. The number of hydrogen-bond donors (Lipinski definition) is 1. The molecule has 7 heteroatoms. The summed E-state index contributed by atoms with van der Waals surface area (Å²) < 4.78 is 13.9. The Kier molecular flexibility index (Phi) is 4.14. The molecule has 1 aliphatic rings. The summed E-state index contributed by atoms with van der Waals surface area (Å²) in [7, 11) is 0. The Morgan fingerprint density at radius 1 is 1.35 bits per heavy atom. The zero-order chi connectivity index (χ0) is 16.6. The lowest BCUT2D eigenvalue weighted by atomic mass is 10.2. The molecule has 1 unspecified atom stereocenters. The number of carbonyl (C=O) groups is 2. The summed E-state index contributed by atoms with van der Waals surface area (Å²) in [6.07, 6.45) is -0.0993. The number of hydroxylamine groups is 2. The van der Waals surface area contributed by atoms with Gasteiger partial charge in [0.2, 0.25) is 0 Å². The Bertz CT molecular complexity index is 761. The van der Waals surface area contributed by atoms with E-state index in [1.807, 2.05) is 13.0 Å². The predicted molar refractivity (Wildman–Crippen MR) is 82.5 cm³/mol. The number of thiophene rings is 1. The van der Waals surface area contributed by atoms with Crippen molar-refractivity contribution in [2.24, 2.45) is 0 Å². The van der Waals surface area contributed by atoms with Crippen LogP contribution in [0.1, 0.15) is 33.2 Å². The highest BCUT2D eigenvalue weighted by molar-refractivity contribution is 7.12. The fourth-order valence-corrected chi connectivity index (χ4v) is 3.59. The third kappa shape index (κ3) is 2.73. The molecule has 23 heavy (non-hydrogen) atoms. The van der Waals surface area contributed by atoms with Gasteiger partial charge < -0.3 is 4.90 Å². The molecule has 2 amide bonds. The fourth-order valence-electron chi connectivity index (χ4n) is 2.54. The lowest BCUT2D eigenvalue weighted by molar-refractivity contribution is -0.168. The van der Waals surface area contributed by atoms with Crippen LogP contribution in [0.2, 0.25) is 0 Å². The third-order valence-electron chi connectivity index (χ3n) is 3.74. The first-order chi connectivity index (χ1) is 11.0. The van der Waals surface area contributed by atoms with Gasteiger partial charge in [-0.15, -0.1) is 11.3 Å². The molecule has 3 rings (SSSR count). The van der Waals surface area contributed by atoms with Crippen molar-refractivity contribution in [3.05, 3.63) is 57.5 Å². The topological polar surface area (TPSA) is 60.9 Å². The van der Waals surface area contributed by atoms with Crippen molar-refractivity contribution >= 4 is 23.2 Å². The first kappa shape index (κ1) is 15.6. The second kappa shape index (κ2) is 6.10. The molecule has 1 N–H and O–H groups in total. The quantitative estimate of drug-likeness (QED) is 0.878. The number of nitrogens with zero attached hydrogens (tertiary/aromatic N) is 2. The van der Waals surface area contributed by atoms with E-state index in [2.05, 4.69) is 0 Å². The molecule has 1 fully saturated rings. The summed E-state index contributed by atoms with van der Waals surface area (Å²) in [5.74, 6) is -1.86. The molecule has 1 aromatic heterocycles. The number of benzene rings is 1. The SMILES string of the molecule is CCc1ccc(C2N(O)C(=O)CN2C(=O)c2ccccc2F)s1. The molecule has 0 saturated carbocycles. The van der Waals surface area contributed by atoms with E-state index in [1.165, 1.54) is 34.4 Å². The van der Waals surface area contributed by atoms with Crippen molar-refractivity contribution in [2.45, 2.75) is 19.5 Å². The van der Waals surface area contributed by atoms with Crippen molar-refractivity contribution < 1.29 is 19.2 Å². The highest BCUT2D eigenvalue weighted by Crippen LogP contribution is 2.35. The van der Waals surface area contributed by atoms with E-state index in [-0.39, 0.29) is 12.1 Å². The smallest absolute Gasteiger partial charge is 0.267 e. The zero-order valence-corrected chi connectivity index (χ0v) is 13.2. The minimum absolute atomic E-state index is 0.118. The van der Waals surface area contributed by atoms with Crippen LogP contribution < -0.4 is 0 Å². The van der Waals surface area contributed by atoms with Gasteiger partial charge in [0.1, 0.15) is 12.4 Å². The van der Waals surface area contributed by atoms with Gasteiger partial charge in [0.15, 0.2) is 6.17 Å². The summed E-state index contributed by atoms with van der Waals surface area (Å²) >= 11 is 1.41. The molecule has 0 spiro atoms. The van der Waals surface area contributed by atoms with Gasteiger partial charge in [0.05, 0.1) is 10.4 Å². The summed E-state index contributed by atoms with van der Waals surface area (Å²) in [6, 6.07) is 9.27. The highest BCUT2D eigenvalue weighted by Gasteiger charge is 2.42. The minimum atomic E-state index is -0.917. The molecule has 1 aliphatic heterocycles. The molecule has 1 saturated heterocycles. The number of aryl methyl sites for hydroxylation is 1. The van der Waals surface area contributed by atoms with Crippen LogP contribution in [0.3, 0.4) is 0 Å². The van der Waals surface area contributed by atoms with E-state index < -0.39 is 23.8 Å². The Balaban J connectivity index is 1.97. The van der Waals surface area contributed by atoms with E-state index >= 15 is 0 Å². The van der Waals surface area contributed by atoms with Crippen LogP contribution in [-0.4, -0.2) is 33.5 Å². The van der Waals surface area contributed by atoms with Gasteiger partial charge in [-0.1, -0.05) is 19.1 Å². The van der Waals surface area contributed by atoms with Gasteiger partial charge >= 0.3 is 0 Å². The summed E-state index contributed by atoms with van der Waals surface area (Å²) in [5.41, 5.74) is -0.118. The number of rotatable bonds is 3. The molecule has 0 bridgehead atoms. The Morgan fingerprint density at radius 3 is 2.74 bits per heavy atom. The molecule has 2 aromatic rings. The molecule has 1 atom stereocenters. The van der Waals surface area contributed by atoms with Gasteiger partial charge in [-0.2, -0.15) is 5.06 Å². The maximum absolute atomic E-state index is 13.9. The lowest BCUT2D eigenvalue weighted by Gasteiger charge is -2.25. The summed E-state index contributed by atoms with van der Waals surface area (Å²) in [6.45, 7) is 1.71. The third-order valence-corrected chi connectivity index (χ3v) is 5.01. The normalized spacial score (nSPS) is 17.9. The van der Waals surface area contributed by atoms with Crippen LogP contribution in [-0.2, 0) is 11.2 Å². The van der Waals surface area contributed by atoms with Crippen molar-refractivity contribution in [1.82, 2.24) is 9.96 Å². The molecule has 2 heterocycles. The zero-order valence-electron chi connectivity index (χ0n) is 12.4. The summed E-state index contributed by atoms with van der Waals surface area (Å²) in [4.78, 5) is 27.4. The maximum atomic E-state index is 13.9. The van der Waals surface area contributed by atoms with E-state index in [1.54, 1.807) is 12.1 Å². The van der Waals surface area contributed by atoms with Gasteiger partial charge in [0.25, 0.3) is 11.8 Å². The first-order valence-electron chi connectivity index (χ1n) is 7.18. The van der Waals surface area contributed by atoms with Crippen molar-refractivity contribution in [3.63, 3.8) is 0 Å². The van der Waals surface area contributed by atoms with Crippen LogP contribution in [0.25, 0.3) is 0 Å². The van der Waals surface area contributed by atoms with Gasteiger partial charge in [0, 0.05) is 4.88 Å². The Hall–Kier alpha value is -2.25. The lowest BCUT2D eigenvalue weighted by Crippen LogP contribution is -2.34. The van der Waals surface area contributed by atoms with Gasteiger partial charge in [-0.05, 0) is 30.7 Å². The molecular weight excluding hydrogens is 319 g/mol. The maximum Gasteiger partial charge on any atom is 0.267 e. The van der Waals surface area contributed by atoms with Crippen molar-refractivity contribution in [1.29, 1.82) is 0 Å². The van der Waals surface area contributed by atoms with Crippen LogP contribution in [0.4, 0.5) is 4.39 Å². The first-order valence-corrected chi connectivity index (χ1v) is 7.99. The second-order valence-electron chi connectivity index (χ2n) is 5.18. The fraction of sp³-hybridized carbons (Fsp3) is 0.250. The van der Waals surface area contributed by atoms with Gasteiger partial charge in [-0.25, -0.2) is 4.39 Å². The summed E-state index contributed by atoms with van der Waals surface area (Å²) in [5, 5.41) is 10.6. The van der Waals surface area contributed by atoms with E-state index in [9.17, 15) is 19.2 Å². The Morgan fingerprint density at radius 2 is 2.09 bits per heavy atom. The van der Waals surface area contributed by atoms with Crippen LogP contribution in [0.15, 0.2) is 36.4 Å². The standard InChI is InChI=1S/C16H15FN2O3S/c1-2-10-7-8-13(23-10)15-18(9-14(20)19(15)22)16(21)11-5-3-4-6-12(11)17/h3-8,15,22H,2,9H2,1H3. The van der Waals surface area contributed by atoms with Crippen LogP contribution in [0.5, 0.6) is 0 Å². The van der Waals surface area contributed by atoms with Crippen molar-refractivity contribution in [3.8, 4) is 0 Å². The highest BCUT2D eigenvalue weighted by atomic mass is 32.1. The number of hydrogen-bond acceptors (Lipinski definition) is 4. The number of carbonyl (C=O) groups excluding carboxylic acids is 2. The molecule has 1 aromatic carbocycles. The molecule has 5 nitrogen and oxygen atoms in total. The van der Waals surface area contributed by atoms with Crippen LogP contribution >= 0.6 is 11.3 Å². The average molecular weight is 334 g/mol. The molecule has 120 valence electrons. The molecule has 0 radical (unpaired) electrons. The average Bonchev–Trinajstić information content (AvgIpc) is 3.12. The van der Waals surface area contributed by atoms with Crippen LogP contribution in [0, 0.1) is 5.82 Å². The van der Waals surface area contributed by atoms with Crippen molar-refractivity contribution in [2.75, 3.05) is 6.54 Å². The monoisotopic (exact) mass is 334 g/mol. The second-order valence-corrected chi connectivity index (χ2v) is 6.38. The minimum Gasteiger partial charge on any atom is -0.302 e. The molecular formula is C16H15FN2O3S. The number of halogens is 1. The van der Waals surface area contributed by atoms with E-state index in [0.29, 0.717) is 9.94 Å². The molecule has 0 aliphatic carbocycles. The Labute approximate surface area is 136 Å². The van der Waals surface area contributed by atoms with E-state index in [4.69, 9.17) is 0 Å². The number of amides is 2.